The van der Waals surface area contributed by atoms with Crippen molar-refractivity contribution in [2.24, 2.45) is 0 Å². The van der Waals surface area contributed by atoms with E-state index < -0.39 is 0 Å². The number of carbonyl (C=O) groups excluding carboxylic acids is 1. The normalized spacial score (nSPS) is 15.4. The molecular formula is C26H30N3O2+. The van der Waals surface area contributed by atoms with Crippen LogP contribution >= 0.6 is 0 Å². The number of benzene rings is 3. The minimum atomic E-state index is -0.115. The molecular weight excluding hydrogens is 386 g/mol. The maximum absolute atomic E-state index is 13.1. The largest absolute Gasteiger partial charge is 0.497 e. The molecule has 1 heterocycles. The van der Waals surface area contributed by atoms with Gasteiger partial charge in [0, 0.05) is 23.0 Å². The Bertz CT molecular complexity index is 1010. The van der Waals surface area contributed by atoms with Gasteiger partial charge in [0.1, 0.15) is 5.75 Å². The molecule has 5 nitrogen and oxygen atoms in total. The van der Waals surface area contributed by atoms with Crippen molar-refractivity contribution in [3.8, 4) is 16.9 Å². The Balaban J connectivity index is 1.39. The average molecular weight is 417 g/mol. The maximum atomic E-state index is 13.1. The molecule has 4 rings (SSSR count). The number of hydrogen-bond donors (Lipinski definition) is 2. The number of anilines is 2. The van der Waals surface area contributed by atoms with Gasteiger partial charge in [0.2, 0.25) is 0 Å². The Morgan fingerprint density at radius 2 is 1.68 bits per heavy atom. The predicted octanol–water partition coefficient (Wildman–Crippen LogP) is 3.09. The number of piperazine rings is 1. The molecule has 1 saturated heterocycles. The van der Waals surface area contributed by atoms with Crippen LogP contribution in [-0.2, 0) is 4.79 Å². The van der Waals surface area contributed by atoms with Crippen LogP contribution in [0.2, 0.25) is 0 Å². The van der Waals surface area contributed by atoms with Crippen LogP contribution in [0, 0.1) is 0 Å². The highest BCUT2D eigenvalue weighted by Crippen LogP contribution is 2.27. The first kappa shape index (κ1) is 20.9. The summed E-state index contributed by atoms with van der Waals surface area (Å²) in [7, 11) is 1.69. The van der Waals surface area contributed by atoms with E-state index >= 15 is 0 Å². The van der Waals surface area contributed by atoms with Crippen molar-refractivity contribution >= 4 is 17.3 Å². The number of hydrogen-bond acceptors (Lipinski definition) is 3. The molecule has 0 aromatic heterocycles. The number of ether oxygens (including phenoxy) is 1. The summed E-state index contributed by atoms with van der Waals surface area (Å²) in [5.74, 6) is 0.935. The molecule has 0 saturated carbocycles. The van der Waals surface area contributed by atoms with Gasteiger partial charge in [-0.25, -0.2) is 0 Å². The van der Waals surface area contributed by atoms with Crippen molar-refractivity contribution in [3.63, 3.8) is 0 Å². The highest BCUT2D eigenvalue weighted by molar-refractivity contribution is 5.97. The van der Waals surface area contributed by atoms with Crippen LogP contribution in [0.25, 0.3) is 11.1 Å². The van der Waals surface area contributed by atoms with E-state index in [9.17, 15) is 4.79 Å². The minimum Gasteiger partial charge on any atom is -0.497 e. The van der Waals surface area contributed by atoms with Crippen LogP contribution in [0.3, 0.4) is 0 Å². The van der Waals surface area contributed by atoms with E-state index in [0.29, 0.717) is 0 Å². The van der Waals surface area contributed by atoms with Gasteiger partial charge in [-0.2, -0.15) is 0 Å². The lowest BCUT2D eigenvalue weighted by molar-refractivity contribution is -0.914. The topological polar surface area (TPSA) is 46.0 Å². The molecule has 5 heteroatoms. The number of nitrogens with zero attached hydrogens (tertiary/aromatic N) is 1. The predicted molar refractivity (Wildman–Crippen MR) is 126 cm³/mol. The van der Waals surface area contributed by atoms with Crippen LogP contribution < -0.4 is 19.9 Å². The van der Waals surface area contributed by atoms with Crippen molar-refractivity contribution < 1.29 is 14.4 Å². The highest BCUT2D eigenvalue weighted by Gasteiger charge is 2.29. The summed E-state index contributed by atoms with van der Waals surface area (Å²) in [6.45, 7) is 5.71. The first-order valence-corrected chi connectivity index (χ1v) is 10.8. The fourth-order valence-electron chi connectivity index (χ4n) is 4.18. The minimum absolute atomic E-state index is 0.0632. The zero-order valence-electron chi connectivity index (χ0n) is 18.2. The molecule has 1 aliphatic rings. The molecule has 1 fully saturated rings. The van der Waals surface area contributed by atoms with E-state index in [-0.39, 0.29) is 11.9 Å². The molecule has 1 atom stereocenters. The Morgan fingerprint density at radius 3 is 2.42 bits per heavy atom. The number of amides is 1. The number of methoxy groups -OCH3 is 1. The summed E-state index contributed by atoms with van der Waals surface area (Å²) in [6.07, 6.45) is 0. The molecule has 0 aliphatic carbocycles. The third kappa shape index (κ3) is 4.89. The molecule has 0 unspecified atom stereocenters. The van der Waals surface area contributed by atoms with Crippen molar-refractivity contribution in [1.29, 1.82) is 0 Å². The van der Waals surface area contributed by atoms with Crippen molar-refractivity contribution in [2.45, 2.75) is 13.0 Å². The van der Waals surface area contributed by atoms with Gasteiger partial charge in [0.25, 0.3) is 5.91 Å². The summed E-state index contributed by atoms with van der Waals surface area (Å²) in [5, 5.41) is 3.17. The van der Waals surface area contributed by atoms with Gasteiger partial charge in [-0.3, -0.25) is 4.79 Å². The van der Waals surface area contributed by atoms with Crippen LogP contribution in [0.15, 0.2) is 78.9 Å². The van der Waals surface area contributed by atoms with E-state index in [0.717, 1.165) is 48.7 Å². The van der Waals surface area contributed by atoms with Crippen LogP contribution in [0.5, 0.6) is 5.75 Å². The van der Waals surface area contributed by atoms with Gasteiger partial charge in [0.15, 0.2) is 6.04 Å². The van der Waals surface area contributed by atoms with E-state index in [1.807, 2.05) is 55.5 Å². The van der Waals surface area contributed by atoms with Gasteiger partial charge >= 0.3 is 0 Å². The standard InChI is InChI=1S/C26H29N3O2/c1-20(28-15-17-29(18-16-28)22-11-8-12-23(19-22)31-2)26(30)27-25-14-7-6-13-24(25)21-9-4-3-5-10-21/h3-14,19-20H,15-18H2,1-2H3,(H,27,30)/p+1/t20-/m1/s1. The van der Waals surface area contributed by atoms with Crippen molar-refractivity contribution in [3.05, 3.63) is 78.9 Å². The van der Waals surface area contributed by atoms with Crippen LogP contribution in [0.4, 0.5) is 11.4 Å². The van der Waals surface area contributed by atoms with E-state index in [1.54, 1.807) is 7.11 Å². The second-order valence-electron chi connectivity index (χ2n) is 7.97. The molecule has 0 bridgehead atoms. The van der Waals surface area contributed by atoms with Crippen LogP contribution in [-0.4, -0.2) is 45.2 Å². The summed E-state index contributed by atoms with van der Waals surface area (Å²) in [6, 6.07) is 26.2. The Morgan fingerprint density at radius 1 is 0.968 bits per heavy atom. The first-order valence-electron chi connectivity index (χ1n) is 10.8. The zero-order valence-corrected chi connectivity index (χ0v) is 18.2. The van der Waals surface area contributed by atoms with Crippen LogP contribution in [0.1, 0.15) is 6.92 Å². The van der Waals surface area contributed by atoms with Gasteiger partial charge in [-0.05, 0) is 30.7 Å². The Kier molecular flexibility index (Phi) is 6.53. The third-order valence-corrected chi connectivity index (χ3v) is 6.10. The number of carbonyl (C=O) groups is 1. The number of quaternary nitrogens is 1. The Labute approximate surface area is 184 Å². The van der Waals surface area contributed by atoms with Crippen molar-refractivity contribution in [2.75, 3.05) is 43.5 Å². The molecule has 0 radical (unpaired) electrons. The smallest absolute Gasteiger partial charge is 0.282 e. The molecule has 0 spiro atoms. The summed E-state index contributed by atoms with van der Waals surface area (Å²) in [4.78, 5) is 16.7. The first-order chi connectivity index (χ1) is 15.2. The zero-order chi connectivity index (χ0) is 21.6. The second-order valence-corrected chi connectivity index (χ2v) is 7.97. The fraction of sp³-hybridized carbons (Fsp3) is 0.269. The molecule has 160 valence electrons. The van der Waals surface area contributed by atoms with Gasteiger partial charge in [-0.15, -0.1) is 0 Å². The van der Waals surface area contributed by atoms with Gasteiger partial charge in [0.05, 0.1) is 33.3 Å². The maximum Gasteiger partial charge on any atom is 0.282 e. The molecule has 3 aromatic carbocycles. The molecule has 2 N–H and O–H groups in total. The summed E-state index contributed by atoms with van der Waals surface area (Å²) < 4.78 is 5.35. The third-order valence-electron chi connectivity index (χ3n) is 6.10. The summed E-state index contributed by atoms with van der Waals surface area (Å²) in [5.41, 5.74) is 4.18. The lowest BCUT2D eigenvalue weighted by Crippen LogP contribution is -3.19. The quantitative estimate of drug-likeness (QED) is 0.649. The average Bonchev–Trinajstić information content (AvgIpc) is 2.84. The lowest BCUT2D eigenvalue weighted by atomic mass is 10.0. The molecule has 31 heavy (non-hydrogen) atoms. The summed E-state index contributed by atoms with van der Waals surface area (Å²) >= 11 is 0. The fourth-order valence-corrected chi connectivity index (χ4v) is 4.18. The Hall–Kier alpha value is -3.31. The second kappa shape index (κ2) is 9.67. The lowest BCUT2D eigenvalue weighted by Gasteiger charge is -2.36. The monoisotopic (exact) mass is 416 g/mol. The number of para-hydroxylation sites is 1. The molecule has 3 aromatic rings. The van der Waals surface area contributed by atoms with E-state index in [2.05, 4.69) is 40.5 Å². The van der Waals surface area contributed by atoms with Crippen molar-refractivity contribution in [1.82, 2.24) is 0 Å². The van der Waals surface area contributed by atoms with E-state index in [1.165, 1.54) is 10.6 Å². The SMILES string of the molecule is COc1cccc(N2CC[NH+]([C@H](C)C(=O)Nc3ccccc3-c3ccccc3)CC2)c1. The van der Waals surface area contributed by atoms with Gasteiger partial charge < -0.3 is 19.9 Å². The molecule has 1 amide bonds. The number of nitrogens with one attached hydrogen (secondary N) is 2. The molecule has 1 aliphatic heterocycles. The number of rotatable bonds is 6. The highest BCUT2D eigenvalue weighted by atomic mass is 16.5. The van der Waals surface area contributed by atoms with Gasteiger partial charge in [-0.1, -0.05) is 54.6 Å². The van der Waals surface area contributed by atoms with E-state index in [4.69, 9.17) is 4.74 Å².